The second kappa shape index (κ2) is 4.79. The molecule has 15 heavy (non-hydrogen) atoms. The smallest absolute Gasteiger partial charge is 0.307 e. The number of carbonyl (C=O) groups is 1. The van der Waals surface area contributed by atoms with Gasteiger partial charge in [0, 0.05) is 19.8 Å². The first kappa shape index (κ1) is 11.5. The van der Waals surface area contributed by atoms with Crippen LogP contribution in [0.5, 0.6) is 0 Å². The summed E-state index contributed by atoms with van der Waals surface area (Å²) >= 11 is 0. The van der Waals surface area contributed by atoms with Gasteiger partial charge in [-0.05, 0) is 25.5 Å². The zero-order chi connectivity index (χ0) is 11.4. The molecular weight excluding hydrogens is 190 g/mol. The van der Waals surface area contributed by atoms with Gasteiger partial charge < -0.3 is 5.32 Å². The van der Waals surface area contributed by atoms with Gasteiger partial charge in [0.15, 0.2) is 0 Å². The quantitative estimate of drug-likeness (QED) is 0.727. The minimum absolute atomic E-state index is 0.230. The molecule has 0 aromatic heterocycles. The van der Waals surface area contributed by atoms with Gasteiger partial charge in [0.05, 0.1) is 0 Å². The highest BCUT2D eigenvalue weighted by atomic mass is 16.2. The zero-order valence-corrected chi connectivity index (χ0v) is 9.59. The van der Waals surface area contributed by atoms with Crippen LogP contribution in [-0.4, -0.2) is 25.1 Å². The molecule has 0 saturated carbocycles. The van der Waals surface area contributed by atoms with Crippen LogP contribution in [0.2, 0.25) is 0 Å². The lowest BCUT2D eigenvalue weighted by atomic mass is 10.1. The van der Waals surface area contributed by atoms with Gasteiger partial charge in [-0.3, -0.25) is 5.43 Å². The van der Waals surface area contributed by atoms with Crippen molar-refractivity contribution in [2.75, 3.05) is 19.4 Å². The average Bonchev–Trinajstić information content (AvgIpc) is 2.08. The van der Waals surface area contributed by atoms with E-state index in [1.165, 1.54) is 5.56 Å². The molecule has 1 rings (SSSR count). The van der Waals surface area contributed by atoms with Crippen molar-refractivity contribution in [3.8, 4) is 0 Å². The van der Waals surface area contributed by atoms with Crippen LogP contribution in [0.4, 0.5) is 10.5 Å². The lowest BCUT2D eigenvalue weighted by Crippen LogP contribution is -2.39. The second-order valence-corrected chi connectivity index (χ2v) is 3.78. The molecule has 0 aliphatic carbocycles. The molecule has 4 heteroatoms. The number of hydrazine groups is 1. The Morgan fingerprint density at radius 2 is 1.93 bits per heavy atom. The molecule has 1 aromatic carbocycles. The first-order valence-corrected chi connectivity index (χ1v) is 4.81. The number of nitrogens with one attached hydrogen (secondary N) is 2. The van der Waals surface area contributed by atoms with Crippen LogP contribution < -0.4 is 10.7 Å². The Morgan fingerprint density at radius 1 is 1.27 bits per heavy atom. The molecule has 0 aliphatic rings. The third-order valence-electron chi connectivity index (χ3n) is 1.96. The first-order valence-electron chi connectivity index (χ1n) is 4.81. The number of anilines is 1. The summed E-state index contributed by atoms with van der Waals surface area (Å²) in [6, 6.07) is 5.68. The molecule has 2 amide bonds. The van der Waals surface area contributed by atoms with E-state index in [0.717, 1.165) is 11.3 Å². The molecule has 0 radical (unpaired) electrons. The summed E-state index contributed by atoms with van der Waals surface area (Å²) in [5.74, 6) is 0. The minimum Gasteiger partial charge on any atom is -0.307 e. The molecule has 1 aromatic rings. The van der Waals surface area contributed by atoms with Crippen LogP contribution in [0.25, 0.3) is 0 Å². The number of aryl methyl sites for hydroxylation is 2. The van der Waals surface area contributed by atoms with Crippen LogP contribution in [0.3, 0.4) is 0 Å². The van der Waals surface area contributed by atoms with Crippen LogP contribution in [-0.2, 0) is 0 Å². The molecule has 0 saturated heterocycles. The normalized spacial score (nSPS) is 10.2. The molecule has 82 valence electrons. The van der Waals surface area contributed by atoms with Gasteiger partial charge in [-0.25, -0.2) is 9.80 Å². The highest BCUT2D eigenvalue weighted by Crippen LogP contribution is 2.15. The summed E-state index contributed by atoms with van der Waals surface area (Å²) < 4.78 is 0. The maximum absolute atomic E-state index is 11.4. The predicted molar refractivity (Wildman–Crippen MR) is 61.8 cm³/mol. The Balaban J connectivity index is 2.68. The first-order chi connectivity index (χ1) is 6.99. The van der Waals surface area contributed by atoms with Crippen LogP contribution in [0.1, 0.15) is 11.1 Å². The Morgan fingerprint density at radius 3 is 2.47 bits per heavy atom. The fraction of sp³-hybridized carbons (Fsp3) is 0.364. The molecule has 0 unspecified atom stereocenters. The van der Waals surface area contributed by atoms with Gasteiger partial charge in [-0.15, -0.1) is 0 Å². The average molecular weight is 207 g/mol. The van der Waals surface area contributed by atoms with Crippen molar-refractivity contribution in [1.82, 2.24) is 10.4 Å². The lowest BCUT2D eigenvalue weighted by Gasteiger charge is -2.14. The Kier molecular flexibility index (Phi) is 3.68. The lowest BCUT2D eigenvalue weighted by molar-refractivity contribution is 0.224. The summed E-state index contributed by atoms with van der Waals surface area (Å²) in [4.78, 5) is 11.4. The standard InChI is InChI=1S/C11H17N3O/c1-8-5-6-10(9(2)7-8)12-11(15)13-14(3)4/h5-7H,1-4H3,(H2,12,13,15). The molecule has 0 heterocycles. The monoisotopic (exact) mass is 207 g/mol. The fourth-order valence-corrected chi connectivity index (χ4v) is 1.31. The molecule has 0 spiro atoms. The van der Waals surface area contributed by atoms with E-state index in [2.05, 4.69) is 10.7 Å². The SMILES string of the molecule is Cc1ccc(NC(=O)NN(C)C)c(C)c1. The van der Waals surface area contributed by atoms with Crippen LogP contribution in [0, 0.1) is 13.8 Å². The number of hydrogen-bond donors (Lipinski definition) is 2. The van der Waals surface area contributed by atoms with E-state index in [0.29, 0.717) is 0 Å². The van der Waals surface area contributed by atoms with E-state index < -0.39 is 0 Å². The fourth-order valence-electron chi connectivity index (χ4n) is 1.31. The zero-order valence-electron chi connectivity index (χ0n) is 9.59. The van der Waals surface area contributed by atoms with Gasteiger partial charge in [-0.2, -0.15) is 0 Å². The molecule has 0 fully saturated rings. The summed E-state index contributed by atoms with van der Waals surface area (Å²) in [5, 5.41) is 4.37. The molecule has 0 bridgehead atoms. The van der Waals surface area contributed by atoms with E-state index in [1.807, 2.05) is 32.0 Å². The van der Waals surface area contributed by atoms with Crippen LogP contribution in [0.15, 0.2) is 18.2 Å². The number of hydrogen-bond acceptors (Lipinski definition) is 2. The molecule has 4 nitrogen and oxygen atoms in total. The maximum atomic E-state index is 11.4. The minimum atomic E-state index is -0.230. The van der Waals surface area contributed by atoms with Crippen molar-refractivity contribution in [3.63, 3.8) is 0 Å². The Hall–Kier alpha value is -1.55. The summed E-state index contributed by atoms with van der Waals surface area (Å²) in [7, 11) is 3.53. The van der Waals surface area contributed by atoms with E-state index in [9.17, 15) is 4.79 Å². The van der Waals surface area contributed by atoms with E-state index in [-0.39, 0.29) is 6.03 Å². The number of carbonyl (C=O) groups excluding carboxylic acids is 1. The summed E-state index contributed by atoms with van der Waals surface area (Å²) in [5.41, 5.74) is 5.69. The molecular formula is C11H17N3O. The topological polar surface area (TPSA) is 44.4 Å². The van der Waals surface area contributed by atoms with E-state index >= 15 is 0 Å². The van der Waals surface area contributed by atoms with Crippen molar-refractivity contribution in [2.24, 2.45) is 0 Å². The Labute approximate surface area is 90.2 Å². The summed E-state index contributed by atoms with van der Waals surface area (Å²) in [6.07, 6.45) is 0. The van der Waals surface area contributed by atoms with Crippen molar-refractivity contribution >= 4 is 11.7 Å². The van der Waals surface area contributed by atoms with Crippen molar-refractivity contribution < 1.29 is 4.79 Å². The van der Waals surface area contributed by atoms with E-state index in [1.54, 1.807) is 19.1 Å². The maximum Gasteiger partial charge on any atom is 0.333 e. The van der Waals surface area contributed by atoms with Gasteiger partial charge >= 0.3 is 6.03 Å². The van der Waals surface area contributed by atoms with Gasteiger partial charge in [0.2, 0.25) is 0 Å². The number of nitrogens with zero attached hydrogens (tertiary/aromatic N) is 1. The van der Waals surface area contributed by atoms with Crippen molar-refractivity contribution in [2.45, 2.75) is 13.8 Å². The highest BCUT2D eigenvalue weighted by molar-refractivity contribution is 5.89. The van der Waals surface area contributed by atoms with Gasteiger partial charge in [0.25, 0.3) is 0 Å². The second-order valence-electron chi connectivity index (χ2n) is 3.78. The van der Waals surface area contributed by atoms with Crippen molar-refractivity contribution in [1.29, 1.82) is 0 Å². The largest absolute Gasteiger partial charge is 0.333 e. The number of benzene rings is 1. The number of amides is 2. The third kappa shape index (κ3) is 3.59. The highest BCUT2D eigenvalue weighted by Gasteiger charge is 2.04. The number of rotatable bonds is 2. The molecule has 0 aliphatic heterocycles. The molecule has 0 atom stereocenters. The summed E-state index contributed by atoms with van der Waals surface area (Å²) in [6.45, 7) is 3.99. The Bertz CT molecular complexity index is 361. The van der Waals surface area contributed by atoms with Gasteiger partial charge in [-0.1, -0.05) is 17.7 Å². The number of urea groups is 1. The van der Waals surface area contributed by atoms with Crippen molar-refractivity contribution in [3.05, 3.63) is 29.3 Å². The molecule has 2 N–H and O–H groups in total. The van der Waals surface area contributed by atoms with Gasteiger partial charge in [0.1, 0.15) is 0 Å². The van der Waals surface area contributed by atoms with Crippen LogP contribution >= 0.6 is 0 Å². The third-order valence-corrected chi connectivity index (χ3v) is 1.96. The van der Waals surface area contributed by atoms with E-state index in [4.69, 9.17) is 0 Å². The predicted octanol–water partition coefficient (Wildman–Crippen LogP) is 1.90.